The normalized spacial score (nSPS) is 15.0. The second-order valence-electron chi connectivity index (χ2n) is 8.11. The van der Waals surface area contributed by atoms with Gasteiger partial charge in [-0.3, -0.25) is 4.79 Å². The van der Waals surface area contributed by atoms with Gasteiger partial charge in [0, 0.05) is 16.8 Å². The summed E-state index contributed by atoms with van der Waals surface area (Å²) >= 11 is 0. The molecule has 0 saturated carbocycles. The van der Waals surface area contributed by atoms with Gasteiger partial charge in [-0.2, -0.15) is 13.2 Å². The molecule has 0 bridgehead atoms. The molecule has 1 aromatic heterocycles. The van der Waals surface area contributed by atoms with E-state index in [2.05, 4.69) is 15.6 Å². The van der Waals surface area contributed by atoms with Crippen LogP contribution in [0.4, 0.5) is 30.4 Å². The lowest BCUT2D eigenvalue weighted by Gasteiger charge is -2.25. The number of fused-ring (bicyclic) bond motifs is 2. The third-order valence-corrected chi connectivity index (χ3v) is 5.55. The molecule has 1 amide bonds. The molecule has 0 spiro atoms. The third kappa shape index (κ3) is 4.84. The molecule has 0 unspecified atom stereocenters. The lowest BCUT2D eigenvalue weighted by Crippen LogP contribution is -2.40. The molecule has 9 heteroatoms. The Morgan fingerprint density at radius 1 is 0.971 bits per heavy atom. The van der Waals surface area contributed by atoms with Crippen LogP contribution in [0.5, 0.6) is 11.5 Å². The van der Waals surface area contributed by atoms with E-state index in [0.717, 1.165) is 23.1 Å². The maximum absolute atomic E-state index is 13.0. The predicted octanol–water partition coefficient (Wildman–Crippen LogP) is 6.08. The van der Waals surface area contributed by atoms with Gasteiger partial charge in [0.05, 0.1) is 11.1 Å². The van der Waals surface area contributed by atoms with Crippen LogP contribution >= 0.6 is 0 Å². The number of carbonyl (C=O) groups excluding carboxylic acids is 1. The molecule has 1 atom stereocenters. The van der Waals surface area contributed by atoms with Crippen molar-refractivity contribution in [3.8, 4) is 11.5 Å². The van der Waals surface area contributed by atoms with E-state index < -0.39 is 17.8 Å². The number of anilines is 3. The van der Waals surface area contributed by atoms with E-state index in [1.165, 1.54) is 6.07 Å². The molecule has 1 aliphatic heterocycles. The van der Waals surface area contributed by atoms with Crippen molar-refractivity contribution < 1.29 is 27.4 Å². The fraction of sp³-hybridized carbons (Fsp3) is 0.154. The zero-order chi connectivity index (χ0) is 24.6. The van der Waals surface area contributed by atoms with Crippen LogP contribution in [0.3, 0.4) is 0 Å². The van der Waals surface area contributed by atoms with E-state index >= 15 is 0 Å². The van der Waals surface area contributed by atoms with E-state index in [1.54, 1.807) is 48.5 Å². The number of aryl methyl sites for hydroxylation is 1. The first-order valence-electron chi connectivity index (χ1n) is 10.8. The molecule has 4 aromatic rings. The monoisotopic (exact) mass is 479 g/mol. The molecule has 0 radical (unpaired) electrons. The van der Waals surface area contributed by atoms with Crippen molar-refractivity contribution in [1.82, 2.24) is 4.98 Å². The molecular formula is C26H20F3N3O3. The summed E-state index contributed by atoms with van der Waals surface area (Å²) in [6, 6.07) is 19.1. The number of nitrogens with one attached hydrogen (secondary N) is 2. The first-order chi connectivity index (χ1) is 16.8. The van der Waals surface area contributed by atoms with Crippen LogP contribution < -0.4 is 20.1 Å². The maximum atomic E-state index is 13.0. The van der Waals surface area contributed by atoms with Crippen LogP contribution in [-0.2, 0) is 11.0 Å². The highest BCUT2D eigenvalue weighted by atomic mass is 19.4. The van der Waals surface area contributed by atoms with Gasteiger partial charge in [-0.15, -0.1) is 0 Å². The zero-order valence-corrected chi connectivity index (χ0v) is 18.5. The summed E-state index contributed by atoms with van der Waals surface area (Å²) in [5.41, 5.74) is 1.58. The van der Waals surface area contributed by atoms with Gasteiger partial charge in [-0.1, -0.05) is 18.2 Å². The average Bonchev–Trinajstić information content (AvgIpc) is 2.84. The number of amides is 1. The molecule has 3 aromatic carbocycles. The predicted molar refractivity (Wildman–Crippen MR) is 126 cm³/mol. The van der Waals surface area contributed by atoms with Crippen LogP contribution in [0.25, 0.3) is 10.9 Å². The number of alkyl halides is 3. The number of ether oxygens (including phenoxy) is 2. The minimum atomic E-state index is -4.43. The van der Waals surface area contributed by atoms with Gasteiger partial charge in [0.15, 0.2) is 11.5 Å². The minimum Gasteiger partial charge on any atom is -0.485 e. The smallest absolute Gasteiger partial charge is 0.416 e. The fourth-order valence-corrected chi connectivity index (χ4v) is 3.83. The molecule has 2 N–H and O–H groups in total. The number of hydrogen-bond donors (Lipinski definition) is 2. The van der Waals surface area contributed by atoms with E-state index in [0.29, 0.717) is 28.5 Å². The first-order valence-corrected chi connectivity index (χ1v) is 10.8. The topological polar surface area (TPSA) is 72.5 Å². The Bertz CT molecular complexity index is 1420. The van der Waals surface area contributed by atoms with Crippen molar-refractivity contribution >= 4 is 34.0 Å². The molecular weight excluding hydrogens is 459 g/mol. The number of aromatic nitrogens is 1. The Labute approximate surface area is 198 Å². The van der Waals surface area contributed by atoms with Crippen LogP contribution in [0.2, 0.25) is 0 Å². The lowest BCUT2D eigenvalue weighted by atomic mass is 10.1. The van der Waals surface area contributed by atoms with Crippen molar-refractivity contribution in [2.75, 3.05) is 17.2 Å². The van der Waals surface area contributed by atoms with E-state index in [1.807, 2.05) is 13.0 Å². The van der Waals surface area contributed by atoms with Crippen molar-refractivity contribution in [3.63, 3.8) is 0 Å². The lowest BCUT2D eigenvalue weighted by molar-refractivity contribution is -0.137. The highest BCUT2D eigenvalue weighted by Gasteiger charge is 2.30. The van der Waals surface area contributed by atoms with Crippen molar-refractivity contribution in [3.05, 3.63) is 83.9 Å². The number of nitrogens with zero attached hydrogens (tertiary/aromatic N) is 1. The van der Waals surface area contributed by atoms with Gasteiger partial charge in [0.25, 0.3) is 5.91 Å². The SMILES string of the molecule is Cc1cc(Nc2cccc(C(F)(F)F)c2)nc2ccc(NC(=O)[C@@H]3COc4ccccc4O3)cc12. The molecule has 2 heterocycles. The van der Waals surface area contributed by atoms with Gasteiger partial charge in [0.2, 0.25) is 6.10 Å². The number of benzene rings is 3. The Balaban J connectivity index is 1.33. The van der Waals surface area contributed by atoms with Crippen LogP contribution in [-0.4, -0.2) is 23.6 Å². The van der Waals surface area contributed by atoms with Crippen LogP contribution in [0.15, 0.2) is 72.8 Å². The Morgan fingerprint density at radius 2 is 1.77 bits per heavy atom. The highest BCUT2D eigenvalue weighted by molar-refractivity contribution is 5.97. The number of hydrogen-bond acceptors (Lipinski definition) is 5. The zero-order valence-electron chi connectivity index (χ0n) is 18.5. The fourth-order valence-electron chi connectivity index (χ4n) is 3.83. The summed E-state index contributed by atoms with van der Waals surface area (Å²) in [5, 5.41) is 6.57. The average molecular weight is 479 g/mol. The number of halogens is 3. The maximum Gasteiger partial charge on any atom is 0.416 e. The van der Waals surface area contributed by atoms with Gasteiger partial charge < -0.3 is 20.1 Å². The Morgan fingerprint density at radius 3 is 2.57 bits per heavy atom. The number of para-hydroxylation sites is 2. The summed E-state index contributed by atoms with van der Waals surface area (Å²) in [7, 11) is 0. The summed E-state index contributed by atoms with van der Waals surface area (Å²) in [4.78, 5) is 17.2. The number of carbonyl (C=O) groups is 1. The second kappa shape index (κ2) is 8.83. The molecule has 0 aliphatic carbocycles. The van der Waals surface area contributed by atoms with Gasteiger partial charge in [0.1, 0.15) is 12.4 Å². The second-order valence-corrected chi connectivity index (χ2v) is 8.11. The van der Waals surface area contributed by atoms with Crippen molar-refractivity contribution in [2.24, 2.45) is 0 Å². The summed E-state index contributed by atoms with van der Waals surface area (Å²) < 4.78 is 50.4. The quantitative estimate of drug-likeness (QED) is 0.371. The summed E-state index contributed by atoms with van der Waals surface area (Å²) in [5.74, 6) is 1.18. The van der Waals surface area contributed by atoms with Gasteiger partial charge in [-0.25, -0.2) is 4.98 Å². The number of pyridine rings is 1. The largest absolute Gasteiger partial charge is 0.485 e. The van der Waals surface area contributed by atoms with Crippen molar-refractivity contribution in [1.29, 1.82) is 0 Å². The molecule has 5 rings (SSSR count). The summed E-state index contributed by atoms with van der Waals surface area (Å²) in [6.07, 6.45) is -5.22. The van der Waals surface area contributed by atoms with Crippen molar-refractivity contribution in [2.45, 2.75) is 19.2 Å². The van der Waals surface area contributed by atoms with Gasteiger partial charge >= 0.3 is 6.18 Å². The minimum absolute atomic E-state index is 0.0988. The number of rotatable bonds is 4. The highest BCUT2D eigenvalue weighted by Crippen LogP contribution is 2.33. The standard InChI is InChI=1S/C26H20F3N3O3/c1-15-11-24(30-17-6-4-5-16(12-17)26(27,28)29)32-20-10-9-18(13-19(15)20)31-25(33)23-14-34-21-7-2-3-8-22(21)35-23/h2-13,23H,14H2,1H3,(H,30,32)(H,31,33)/t23-/m0/s1. The Hall–Kier alpha value is -4.27. The van der Waals surface area contributed by atoms with Crippen LogP contribution in [0.1, 0.15) is 11.1 Å². The van der Waals surface area contributed by atoms with Crippen LogP contribution in [0, 0.1) is 6.92 Å². The molecule has 1 aliphatic rings. The third-order valence-electron chi connectivity index (χ3n) is 5.55. The molecule has 6 nitrogen and oxygen atoms in total. The molecule has 35 heavy (non-hydrogen) atoms. The van der Waals surface area contributed by atoms with E-state index in [4.69, 9.17) is 9.47 Å². The summed E-state index contributed by atoms with van der Waals surface area (Å²) in [6.45, 7) is 1.96. The van der Waals surface area contributed by atoms with E-state index in [9.17, 15) is 18.0 Å². The van der Waals surface area contributed by atoms with E-state index in [-0.39, 0.29) is 18.2 Å². The molecule has 0 fully saturated rings. The van der Waals surface area contributed by atoms with Gasteiger partial charge in [-0.05, 0) is 67.1 Å². The first kappa shape index (κ1) is 22.5. The Kier molecular flexibility index (Phi) is 5.68. The molecule has 178 valence electrons. The molecule has 0 saturated heterocycles.